The third-order valence-corrected chi connectivity index (χ3v) is 6.06. The van der Waals surface area contributed by atoms with Gasteiger partial charge in [-0.15, -0.1) is 22.7 Å². The van der Waals surface area contributed by atoms with E-state index in [1.165, 1.54) is 18.3 Å². The minimum absolute atomic E-state index is 0.126. The first kappa shape index (κ1) is 17.6. The second kappa shape index (κ2) is 7.46. The topological polar surface area (TPSA) is 61.8 Å². The van der Waals surface area contributed by atoms with E-state index < -0.39 is 0 Å². The molecule has 0 saturated heterocycles. The summed E-state index contributed by atoms with van der Waals surface area (Å²) < 4.78 is 0. The van der Waals surface area contributed by atoms with Crippen molar-refractivity contribution in [1.29, 1.82) is 0 Å². The van der Waals surface area contributed by atoms with E-state index in [1.54, 1.807) is 16.3 Å². The molecule has 4 rings (SSSR count). The van der Waals surface area contributed by atoms with Crippen LogP contribution in [0.3, 0.4) is 0 Å². The number of anilines is 1. The van der Waals surface area contributed by atoms with Crippen LogP contribution in [-0.2, 0) is 4.79 Å². The Balaban J connectivity index is 1.75. The van der Waals surface area contributed by atoms with Gasteiger partial charge in [0.25, 0.3) is 5.91 Å². The van der Waals surface area contributed by atoms with Gasteiger partial charge in [0.1, 0.15) is 0 Å². The Morgan fingerprint density at radius 3 is 2.56 bits per heavy atom. The maximum Gasteiger partial charge on any atom is 0.284 e. The SMILES string of the molecule is CC(=O)Nc1ccccc1[C@H]1CC(c2cccs2)=NN1C(=O)c1cccs1. The number of nitrogens with zero attached hydrogens (tertiary/aromatic N) is 2. The zero-order chi connectivity index (χ0) is 18.8. The minimum atomic E-state index is -0.264. The van der Waals surface area contributed by atoms with Crippen molar-refractivity contribution < 1.29 is 9.59 Å². The van der Waals surface area contributed by atoms with Crippen LogP contribution in [0, 0.1) is 0 Å². The Labute approximate surface area is 165 Å². The van der Waals surface area contributed by atoms with Crippen LogP contribution in [0.15, 0.2) is 64.4 Å². The van der Waals surface area contributed by atoms with Gasteiger partial charge in [-0.1, -0.05) is 30.3 Å². The van der Waals surface area contributed by atoms with E-state index in [9.17, 15) is 9.59 Å². The van der Waals surface area contributed by atoms with Gasteiger partial charge in [0.2, 0.25) is 5.91 Å². The second-order valence-electron chi connectivity index (χ2n) is 6.14. The fourth-order valence-electron chi connectivity index (χ4n) is 3.14. The molecule has 0 unspecified atom stereocenters. The molecule has 0 saturated carbocycles. The molecule has 1 aromatic carbocycles. The van der Waals surface area contributed by atoms with Crippen molar-refractivity contribution in [3.05, 3.63) is 74.6 Å². The molecule has 0 fully saturated rings. The highest BCUT2D eigenvalue weighted by atomic mass is 32.1. The summed E-state index contributed by atoms with van der Waals surface area (Å²) in [5.41, 5.74) is 2.48. The quantitative estimate of drug-likeness (QED) is 0.692. The number of rotatable bonds is 4. The lowest BCUT2D eigenvalue weighted by Gasteiger charge is -2.23. The number of carbonyl (C=O) groups is 2. The molecule has 1 atom stereocenters. The molecule has 0 radical (unpaired) electrons. The lowest BCUT2D eigenvalue weighted by molar-refractivity contribution is -0.114. The van der Waals surface area contributed by atoms with E-state index >= 15 is 0 Å². The van der Waals surface area contributed by atoms with Gasteiger partial charge in [-0.3, -0.25) is 9.59 Å². The van der Waals surface area contributed by atoms with E-state index in [0.717, 1.165) is 16.2 Å². The molecular formula is C20H17N3O2S2. The number of hydrazone groups is 1. The summed E-state index contributed by atoms with van der Waals surface area (Å²) >= 11 is 3.01. The van der Waals surface area contributed by atoms with Crippen molar-refractivity contribution in [2.45, 2.75) is 19.4 Å². The van der Waals surface area contributed by atoms with Crippen LogP contribution in [0.4, 0.5) is 5.69 Å². The van der Waals surface area contributed by atoms with Crippen molar-refractivity contribution >= 4 is 45.9 Å². The van der Waals surface area contributed by atoms with Crippen molar-refractivity contribution in [2.24, 2.45) is 5.10 Å². The number of para-hydroxylation sites is 1. The van der Waals surface area contributed by atoms with Crippen LogP contribution in [0.5, 0.6) is 0 Å². The molecule has 0 bridgehead atoms. The number of thiophene rings is 2. The maximum absolute atomic E-state index is 13.1. The van der Waals surface area contributed by atoms with Crippen LogP contribution >= 0.6 is 22.7 Å². The summed E-state index contributed by atoms with van der Waals surface area (Å²) in [5.74, 6) is -0.268. The van der Waals surface area contributed by atoms with Crippen LogP contribution in [-0.4, -0.2) is 22.5 Å². The molecule has 2 aromatic heterocycles. The zero-order valence-electron chi connectivity index (χ0n) is 14.6. The van der Waals surface area contributed by atoms with Gasteiger partial charge in [0.05, 0.1) is 21.5 Å². The smallest absolute Gasteiger partial charge is 0.284 e. The Hall–Kier alpha value is -2.77. The highest BCUT2D eigenvalue weighted by Gasteiger charge is 2.35. The largest absolute Gasteiger partial charge is 0.326 e. The summed E-state index contributed by atoms with van der Waals surface area (Å²) in [6.45, 7) is 1.48. The lowest BCUT2D eigenvalue weighted by atomic mass is 9.99. The molecule has 1 N–H and O–H groups in total. The van der Waals surface area contributed by atoms with E-state index in [1.807, 2.05) is 59.3 Å². The molecule has 3 heterocycles. The fraction of sp³-hybridized carbons (Fsp3) is 0.150. The zero-order valence-corrected chi connectivity index (χ0v) is 16.2. The van der Waals surface area contributed by atoms with Crippen molar-refractivity contribution in [3.8, 4) is 0 Å². The van der Waals surface area contributed by atoms with Gasteiger partial charge in [-0.25, -0.2) is 5.01 Å². The van der Waals surface area contributed by atoms with E-state index in [4.69, 9.17) is 0 Å². The fourth-order valence-corrected chi connectivity index (χ4v) is 4.51. The van der Waals surface area contributed by atoms with Gasteiger partial charge < -0.3 is 5.32 Å². The normalized spacial score (nSPS) is 16.3. The Kier molecular flexibility index (Phi) is 4.87. The Bertz CT molecular complexity index is 994. The monoisotopic (exact) mass is 395 g/mol. The standard InChI is InChI=1S/C20H17N3O2S2/c1-13(24)21-15-7-3-2-6-14(15)17-12-16(18-8-4-10-26-18)22-23(17)20(25)19-9-5-11-27-19/h2-11,17H,12H2,1H3,(H,21,24)/t17-/m1/s1. The molecule has 27 heavy (non-hydrogen) atoms. The van der Waals surface area contributed by atoms with Crippen LogP contribution in [0.2, 0.25) is 0 Å². The summed E-state index contributed by atoms with van der Waals surface area (Å²) in [6.07, 6.45) is 0.605. The van der Waals surface area contributed by atoms with Crippen molar-refractivity contribution in [3.63, 3.8) is 0 Å². The van der Waals surface area contributed by atoms with Crippen molar-refractivity contribution in [1.82, 2.24) is 5.01 Å². The summed E-state index contributed by atoms with van der Waals surface area (Å²) in [4.78, 5) is 26.4. The third kappa shape index (κ3) is 3.56. The van der Waals surface area contributed by atoms with E-state index in [2.05, 4.69) is 10.4 Å². The average molecular weight is 396 g/mol. The number of nitrogens with one attached hydrogen (secondary N) is 1. The summed E-state index contributed by atoms with van der Waals surface area (Å²) in [5, 5.41) is 13.0. The number of carbonyl (C=O) groups excluding carboxylic acids is 2. The summed E-state index contributed by atoms with van der Waals surface area (Å²) in [7, 11) is 0. The maximum atomic E-state index is 13.1. The number of amides is 2. The first-order chi connectivity index (χ1) is 13.1. The highest BCUT2D eigenvalue weighted by molar-refractivity contribution is 7.12. The Morgan fingerprint density at radius 2 is 1.85 bits per heavy atom. The summed E-state index contributed by atoms with van der Waals surface area (Å²) in [6, 6.07) is 15.0. The van der Waals surface area contributed by atoms with Gasteiger partial charge in [-0.05, 0) is 29.0 Å². The molecule has 1 aliphatic rings. The molecule has 7 heteroatoms. The Morgan fingerprint density at radius 1 is 1.07 bits per heavy atom. The van der Waals surface area contributed by atoms with E-state index in [-0.39, 0.29) is 17.9 Å². The molecule has 0 aliphatic carbocycles. The molecule has 5 nitrogen and oxygen atoms in total. The number of hydrogen-bond acceptors (Lipinski definition) is 5. The first-order valence-corrected chi connectivity index (χ1v) is 10.2. The molecule has 3 aromatic rings. The molecule has 2 amide bonds. The van der Waals surface area contributed by atoms with E-state index in [0.29, 0.717) is 17.0 Å². The average Bonchev–Trinajstić information content (AvgIpc) is 3.41. The first-order valence-electron chi connectivity index (χ1n) is 8.48. The molecule has 136 valence electrons. The third-order valence-electron chi connectivity index (χ3n) is 4.29. The van der Waals surface area contributed by atoms with Crippen LogP contribution in [0.25, 0.3) is 0 Å². The lowest BCUT2D eigenvalue weighted by Crippen LogP contribution is -2.27. The predicted molar refractivity (Wildman–Crippen MR) is 109 cm³/mol. The second-order valence-corrected chi connectivity index (χ2v) is 8.03. The van der Waals surface area contributed by atoms with Gasteiger partial charge in [-0.2, -0.15) is 5.10 Å². The molecular weight excluding hydrogens is 378 g/mol. The number of benzene rings is 1. The number of hydrogen-bond donors (Lipinski definition) is 1. The molecule has 0 spiro atoms. The van der Waals surface area contributed by atoms with Crippen molar-refractivity contribution in [2.75, 3.05) is 5.32 Å². The van der Waals surface area contributed by atoms with Crippen LogP contribution < -0.4 is 5.32 Å². The predicted octanol–water partition coefficient (Wildman–Crippen LogP) is 4.76. The van der Waals surface area contributed by atoms with Gasteiger partial charge >= 0.3 is 0 Å². The molecule has 1 aliphatic heterocycles. The van der Waals surface area contributed by atoms with Gasteiger partial charge in [0, 0.05) is 24.6 Å². The van der Waals surface area contributed by atoms with Crippen LogP contribution in [0.1, 0.15) is 39.5 Å². The van der Waals surface area contributed by atoms with Gasteiger partial charge in [0.15, 0.2) is 0 Å². The minimum Gasteiger partial charge on any atom is -0.326 e. The highest BCUT2D eigenvalue weighted by Crippen LogP contribution is 2.38.